The van der Waals surface area contributed by atoms with Gasteiger partial charge in [0.1, 0.15) is 0 Å². The minimum absolute atomic E-state index is 0.0122. The van der Waals surface area contributed by atoms with E-state index in [9.17, 15) is 0 Å². The molecule has 0 aliphatic heterocycles. The van der Waals surface area contributed by atoms with Gasteiger partial charge in [0, 0.05) is 6.61 Å². The van der Waals surface area contributed by atoms with Crippen LogP contribution >= 0.6 is 0 Å². The van der Waals surface area contributed by atoms with Crippen LogP contribution in [0.2, 0.25) is 0 Å². The molecule has 92 valence electrons. The van der Waals surface area contributed by atoms with Crippen LogP contribution < -0.4 is 0 Å². The van der Waals surface area contributed by atoms with Crippen molar-refractivity contribution in [3.63, 3.8) is 0 Å². The van der Waals surface area contributed by atoms with Crippen LogP contribution in [-0.4, -0.2) is 12.2 Å². The Kier molecular flexibility index (Phi) is 5.87. The van der Waals surface area contributed by atoms with Gasteiger partial charge in [0.2, 0.25) is 0 Å². The van der Waals surface area contributed by atoms with Crippen molar-refractivity contribution in [1.29, 1.82) is 0 Å². The Bertz CT molecular complexity index is 159. The van der Waals surface area contributed by atoms with Crippen molar-refractivity contribution in [3.8, 4) is 0 Å². The second kappa shape index (κ2) is 5.89. The standard InChI is InChI=1S/C14H30O/c1-12(11-15-14(5,6)7)9-8-10-13(2,3)4/h12H,8-11H2,1-7H3. The minimum Gasteiger partial charge on any atom is -0.376 e. The lowest BCUT2D eigenvalue weighted by atomic mass is 9.88. The fourth-order valence-corrected chi connectivity index (χ4v) is 1.46. The van der Waals surface area contributed by atoms with Gasteiger partial charge in [-0.15, -0.1) is 0 Å². The quantitative estimate of drug-likeness (QED) is 0.647. The monoisotopic (exact) mass is 214 g/mol. The molecule has 0 saturated heterocycles. The average molecular weight is 214 g/mol. The Morgan fingerprint density at radius 3 is 1.93 bits per heavy atom. The molecule has 0 N–H and O–H groups in total. The predicted octanol–water partition coefficient (Wildman–Crippen LogP) is 4.65. The second-order valence-corrected chi connectivity index (χ2v) is 6.98. The molecule has 0 aromatic rings. The fourth-order valence-electron chi connectivity index (χ4n) is 1.46. The molecule has 0 amide bonds. The van der Waals surface area contributed by atoms with Crippen LogP contribution in [0, 0.1) is 11.3 Å². The van der Waals surface area contributed by atoms with Crippen LogP contribution in [0.5, 0.6) is 0 Å². The van der Waals surface area contributed by atoms with Gasteiger partial charge >= 0.3 is 0 Å². The maximum absolute atomic E-state index is 5.77. The molecule has 0 spiro atoms. The maximum atomic E-state index is 5.77. The smallest absolute Gasteiger partial charge is 0.0598 e. The van der Waals surface area contributed by atoms with Crippen molar-refractivity contribution in [2.45, 2.75) is 73.3 Å². The largest absolute Gasteiger partial charge is 0.376 e. The molecule has 0 aliphatic carbocycles. The molecule has 0 saturated carbocycles. The molecule has 0 aromatic carbocycles. The summed E-state index contributed by atoms with van der Waals surface area (Å²) in [6.07, 6.45) is 3.92. The van der Waals surface area contributed by atoms with Gasteiger partial charge in [-0.1, -0.05) is 34.1 Å². The first-order chi connectivity index (χ1) is 6.60. The van der Waals surface area contributed by atoms with Gasteiger partial charge in [-0.25, -0.2) is 0 Å². The molecule has 15 heavy (non-hydrogen) atoms. The molecule has 1 heteroatoms. The molecule has 0 radical (unpaired) electrons. The van der Waals surface area contributed by atoms with Crippen molar-refractivity contribution in [2.75, 3.05) is 6.61 Å². The fraction of sp³-hybridized carbons (Fsp3) is 1.00. The van der Waals surface area contributed by atoms with Crippen LogP contribution in [-0.2, 0) is 4.74 Å². The van der Waals surface area contributed by atoms with E-state index in [1.54, 1.807) is 0 Å². The first-order valence-electron chi connectivity index (χ1n) is 6.24. The Labute approximate surface area is 96.6 Å². The third-order valence-electron chi connectivity index (χ3n) is 2.42. The van der Waals surface area contributed by atoms with Gasteiger partial charge in [-0.3, -0.25) is 0 Å². The summed E-state index contributed by atoms with van der Waals surface area (Å²) in [4.78, 5) is 0. The highest BCUT2D eigenvalue weighted by molar-refractivity contribution is 4.64. The van der Waals surface area contributed by atoms with E-state index in [0.29, 0.717) is 11.3 Å². The Morgan fingerprint density at radius 2 is 1.53 bits per heavy atom. The summed E-state index contributed by atoms with van der Waals surface area (Å²) in [6.45, 7) is 16.5. The van der Waals surface area contributed by atoms with Crippen molar-refractivity contribution < 1.29 is 4.74 Å². The van der Waals surface area contributed by atoms with E-state index in [2.05, 4.69) is 48.5 Å². The zero-order chi connectivity index (χ0) is 12.1. The summed E-state index contributed by atoms with van der Waals surface area (Å²) in [5.41, 5.74) is 0.489. The molecule has 0 aromatic heterocycles. The number of ether oxygens (including phenoxy) is 1. The topological polar surface area (TPSA) is 9.23 Å². The van der Waals surface area contributed by atoms with E-state index in [1.807, 2.05) is 0 Å². The lowest BCUT2D eigenvalue weighted by Gasteiger charge is -2.23. The lowest BCUT2D eigenvalue weighted by molar-refractivity contribution is -0.0211. The van der Waals surface area contributed by atoms with Gasteiger partial charge in [0.25, 0.3) is 0 Å². The second-order valence-electron chi connectivity index (χ2n) is 6.98. The highest BCUT2D eigenvalue weighted by atomic mass is 16.5. The molecule has 0 aliphatic rings. The molecule has 1 nitrogen and oxygen atoms in total. The van der Waals surface area contributed by atoms with Crippen molar-refractivity contribution in [2.24, 2.45) is 11.3 Å². The SMILES string of the molecule is CC(CCCC(C)(C)C)COC(C)(C)C. The summed E-state index contributed by atoms with van der Waals surface area (Å²) >= 11 is 0. The third-order valence-corrected chi connectivity index (χ3v) is 2.42. The van der Waals surface area contributed by atoms with Crippen LogP contribution in [0.15, 0.2) is 0 Å². The van der Waals surface area contributed by atoms with Gasteiger partial charge in [-0.2, -0.15) is 0 Å². The third kappa shape index (κ3) is 11.9. The molecular weight excluding hydrogens is 184 g/mol. The molecule has 0 fully saturated rings. The summed E-state index contributed by atoms with van der Waals surface area (Å²) in [5, 5.41) is 0. The van der Waals surface area contributed by atoms with E-state index < -0.39 is 0 Å². The number of hydrogen-bond donors (Lipinski definition) is 0. The summed E-state index contributed by atoms with van der Waals surface area (Å²) < 4.78 is 5.77. The van der Waals surface area contributed by atoms with Gasteiger partial charge < -0.3 is 4.74 Å². The highest BCUT2D eigenvalue weighted by Gasteiger charge is 2.14. The molecule has 0 heterocycles. The molecule has 1 atom stereocenters. The van der Waals surface area contributed by atoms with Crippen LogP contribution in [0.1, 0.15) is 67.7 Å². The van der Waals surface area contributed by atoms with Crippen LogP contribution in [0.4, 0.5) is 0 Å². The van der Waals surface area contributed by atoms with Gasteiger partial charge in [0.15, 0.2) is 0 Å². The van der Waals surface area contributed by atoms with Crippen molar-refractivity contribution in [3.05, 3.63) is 0 Å². The van der Waals surface area contributed by atoms with Crippen molar-refractivity contribution in [1.82, 2.24) is 0 Å². The summed E-state index contributed by atoms with van der Waals surface area (Å²) in [5.74, 6) is 0.687. The highest BCUT2D eigenvalue weighted by Crippen LogP contribution is 2.23. The van der Waals surface area contributed by atoms with Gasteiger partial charge in [0.05, 0.1) is 5.60 Å². The first-order valence-corrected chi connectivity index (χ1v) is 6.24. The number of hydrogen-bond acceptors (Lipinski definition) is 1. The Hall–Kier alpha value is -0.0400. The molecule has 0 rings (SSSR count). The summed E-state index contributed by atoms with van der Waals surface area (Å²) in [7, 11) is 0. The predicted molar refractivity (Wildman–Crippen MR) is 68.2 cm³/mol. The molecular formula is C14H30O. The zero-order valence-corrected chi connectivity index (χ0v) is 11.8. The normalized spacial score (nSPS) is 15.4. The van der Waals surface area contributed by atoms with E-state index >= 15 is 0 Å². The molecule has 0 bridgehead atoms. The van der Waals surface area contributed by atoms with E-state index in [0.717, 1.165) is 6.61 Å². The van der Waals surface area contributed by atoms with Crippen molar-refractivity contribution >= 4 is 0 Å². The Balaban J connectivity index is 3.54. The van der Waals surface area contributed by atoms with Gasteiger partial charge in [-0.05, 0) is 44.9 Å². The first kappa shape index (κ1) is 15.0. The summed E-state index contributed by atoms with van der Waals surface area (Å²) in [6, 6.07) is 0. The maximum Gasteiger partial charge on any atom is 0.0598 e. The lowest BCUT2D eigenvalue weighted by Crippen LogP contribution is -2.22. The average Bonchev–Trinajstić information content (AvgIpc) is 1.97. The van der Waals surface area contributed by atoms with E-state index in [4.69, 9.17) is 4.74 Å². The minimum atomic E-state index is 0.0122. The van der Waals surface area contributed by atoms with E-state index in [-0.39, 0.29) is 5.60 Å². The zero-order valence-electron chi connectivity index (χ0n) is 11.8. The molecule has 1 unspecified atom stereocenters. The van der Waals surface area contributed by atoms with Crippen LogP contribution in [0.25, 0.3) is 0 Å². The number of rotatable bonds is 5. The van der Waals surface area contributed by atoms with Crippen LogP contribution in [0.3, 0.4) is 0 Å². The van der Waals surface area contributed by atoms with E-state index in [1.165, 1.54) is 19.3 Å². The Morgan fingerprint density at radius 1 is 1.00 bits per heavy atom.